The highest BCUT2D eigenvalue weighted by Gasteiger charge is 2.21. The average molecular weight is 222 g/mol. The smallest absolute Gasteiger partial charge is 0.136 e. The zero-order valence-corrected chi connectivity index (χ0v) is 9.69. The Hall–Kier alpha value is -1.16. The van der Waals surface area contributed by atoms with E-state index in [1.54, 1.807) is 6.20 Å². The van der Waals surface area contributed by atoms with Crippen molar-refractivity contribution >= 4 is 5.78 Å². The van der Waals surface area contributed by atoms with Crippen molar-refractivity contribution in [3.05, 3.63) is 18.0 Å². The summed E-state index contributed by atoms with van der Waals surface area (Å²) in [6.45, 7) is 1.48. The van der Waals surface area contributed by atoms with Gasteiger partial charge >= 0.3 is 0 Å². The van der Waals surface area contributed by atoms with Gasteiger partial charge in [-0.3, -0.25) is 9.48 Å². The second-order valence-electron chi connectivity index (χ2n) is 4.30. The first-order chi connectivity index (χ1) is 7.77. The molecule has 1 aliphatic rings. The Morgan fingerprint density at radius 3 is 2.94 bits per heavy atom. The van der Waals surface area contributed by atoms with Crippen molar-refractivity contribution in [1.82, 2.24) is 9.78 Å². The number of hydrogen-bond donors (Lipinski definition) is 0. The molecule has 2 heterocycles. The summed E-state index contributed by atoms with van der Waals surface area (Å²) in [6.07, 6.45) is 4.99. The maximum atomic E-state index is 11.9. The van der Waals surface area contributed by atoms with Crippen molar-refractivity contribution in [2.75, 3.05) is 13.2 Å². The summed E-state index contributed by atoms with van der Waals surface area (Å²) in [4.78, 5) is 11.9. The molecule has 0 aromatic carbocycles. The van der Waals surface area contributed by atoms with Crippen molar-refractivity contribution in [3.8, 4) is 0 Å². The van der Waals surface area contributed by atoms with Crippen LogP contribution >= 0.6 is 0 Å². The molecule has 0 unspecified atom stereocenters. The number of hydrogen-bond acceptors (Lipinski definition) is 3. The van der Waals surface area contributed by atoms with E-state index < -0.39 is 0 Å². The van der Waals surface area contributed by atoms with Gasteiger partial charge in [0.05, 0.1) is 0 Å². The van der Waals surface area contributed by atoms with Crippen molar-refractivity contribution in [2.24, 2.45) is 13.0 Å². The van der Waals surface area contributed by atoms with Gasteiger partial charge in [0, 0.05) is 44.5 Å². The Morgan fingerprint density at radius 1 is 1.56 bits per heavy atom. The van der Waals surface area contributed by atoms with E-state index in [-0.39, 0.29) is 5.92 Å². The van der Waals surface area contributed by atoms with E-state index in [0.29, 0.717) is 12.2 Å². The molecule has 0 bridgehead atoms. The standard InChI is InChI=1S/C12H18N2O2/c1-14-11(4-7-13-14)2-3-12(15)10-5-8-16-9-6-10/h4,7,10H,2-3,5-6,8-9H2,1H3. The highest BCUT2D eigenvalue weighted by atomic mass is 16.5. The Balaban J connectivity index is 1.81. The van der Waals surface area contributed by atoms with E-state index in [0.717, 1.165) is 38.2 Å². The van der Waals surface area contributed by atoms with E-state index in [1.165, 1.54) is 0 Å². The van der Waals surface area contributed by atoms with Crippen LogP contribution in [-0.2, 0) is 23.0 Å². The first kappa shape index (κ1) is 11.3. The minimum atomic E-state index is 0.224. The van der Waals surface area contributed by atoms with Gasteiger partial charge in [-0.2, -0.15) is 5.10 Å². The lowest BCUT2D eigenvalue weighted by Gasteiger charge is -2.20. The Kier molecular flexibility index (Phi) is 3.72. The predicted octanol–water partition coefficient (Wildman–Crippen LogP) is 1.35. The topological polar surface area (TPSA) is 44.1 Å². The van der Waals surface area contributed by atoms with Gasteiger partial charge in [0.2, 0.25) is 0 Å². The van der Waals surface area contributed by atoms with Crippen LogP contribution in [0.2, 0.25) is 0 Å². The highest BCUT2D eigenvalue weighted by Crippen LogP contribution is 2.18. The fourth-order valence-corrected chi connectivity index (χ4v) is 2.12. The molecule has 16 heavy (non-hydrogen) atoms. The number of Topliss-reactive ketones (excluding diaryl/α,β-unsaturated/α-hetero) is 1. The van der Waals surface area contributed by atoms with Gasteiger partial charge in [0.15, 0.2) is 0 Å². The molecule has 4 nitrogen and oxygen atoms in total. The quantitative estimate of drug-likeness (QED) is 0.772. The maximum Gasteiger partial charge on any atom is 0.136 e. The van der Waals surface area contributed by atoms with Crippen LogP contribution in [0.1, 0.15) is 25.0 Å². The van der Waals surface area contributed by atoms with E-state index in [1.807, 2.05) is 17.8 Å². The molecule has 0 radical (unpaired) electrons. The molecule has 0 N–H and O–H groups in total. The third kappa shape index (κ3) is 2.70. The van der Waals surface area contributed by atoms with Crippen molar-refractivity contribution in [1.29, 1.82) is 0 Å². The van der Waals surface area contributed by atoms with Crippen LogP contribution in [0, 0.1) is 5.92 Å². The summed E-state index contributed by atoms with van der Waals surface area (Å²) in [5.74, 6) is 0.603. The van der Waals surface area contributed by atoms with Crippen LogP contribution in [0.5, 0.6) is 0 Å². The minimum Gasteiger partial charge on any atom is -0.381 e. The van der Waals surface area contributed by atoms with E-state index in [9.17, 15) is 4.79 Å². The van der Waals surface area contributed by atoms with Gasteiger partial charge in [-0.25, -0.2) is 0 Å². The molecule has 0 atom stereocenters. The molecule has 0 aliphatic carbocycles. The Bertz CT molecular complexity index is 354. The second-order valence-corrected chi connectivity index (χ2v) is 4.30. The van der Waals surface area contributed by atoms with Gasteiger partial charge in [0.1, 0.15) is 5.78 Å². The van der Waals surface area contributed by atoms with Crippen LogP contribution in [0.25, 0.3) is 0 Å². The largest absolute Gasteiger partial charge is 0.381 e. The lowest BCUT2D eigenvalue weighted by Crippen LogP contribution is -2.23. The van der Waals surface area contributed by atoms with Gasteiger partial charge in [-0.15, -0.1) is 0 Å². The summed E-state index contributed by atoms with van der Waals surface area (Å²) in [5.41, 5.74) is 1.13. The monoisotopic (exact) mass is 222 g/mol. The molecule has 0 amide bonds. The molecule has 1 fully saturated rings. The summed E-state index contributed by atoms with van der Waals surface area (Å²) >= 11 is 0. The molecule has 1 aliphatic heterocycles. The lowest BCUT2D eigenvalue weighted by atomic mass is 9.92. The number of aromatic nitrogens is 2. The third-order valence-electron chi connectivity index (χ3n) is 3.23. The number of carbonyl (C=O) groups is 1. The predicted molar refractivity (Wildman–Crippen MR) is 60.1 cm³/mol. The first-order valence-corrected chi connectivity index (χ1v) is 5.84. The zero-order valence-electron chi connectivity index (χ0n) is 9.69. The summed E-state index contributed by atoms with van der Waals surface area (Å²) < 4.78 is 7.08. The Morgan fingerprint density at radius 2 is 2.31 bits per heavy atom. The molecule has 2 rings (SSSR count). The summed E-state index contributed by atoms with van der Waals surface area (Å²) in [5, 5.41) is 4.09. The first-order valence-electron chi connectivity index (χ1n) is 5.84. The van der Waals surface area contributed by atoms with Gasteiger partial charge in [0.25, 0.3) is 0 Å². The molecule has 1 aromatic rings. The normalized spacial score (nSPS) is 17.6. The molecule has 1 saturated heterocycles. The van der Waals surface area contributed by atoms with Crippen LogP contribution < -0.4 is 0 Å². The molecule has 4 heteroatoms. The van der Waals surface area contributed by atoms with E-state index >= 15 is 0 Å². The van der Waals surface area contributed by atoms with Crippen LogP contribution in [0.4, 0.5) is 0 Å². The fourth-order valence-electron chi connectivity index (χ4n) is 2.12. The second kappa shape index (κ2) is 5.25. The molecule has 0 spiro atoms. The van der Waals surface area contributed by atoms with Crippen LogP contribution in [0.3, 0.4) is 0 Å². The molecular weight excluding hydrogens is 204 g/mol. The Labute approximate surface area is 95.6 Å². The summed E-state index contributed by atoms with van der Waals surface area (Å²) in [6, 6.07) is 1.97. The minimum absolute atomic E-state index is 0.224. The van der Waals surface area contributed by atoms with Gasteiger partial charge in [-0.1, -0.05) is 0 Å². The highest BCUT2D eigenvalue weighted by molar-refractivity contribution is 5.81. The van der Waals surface area contributed by atoms with Gasteiger partial charge < -0.3 is 4.74 Å². The van der Waals surface area contributed by atoms with Crippen LogP contribution in [-0.4, -0.2) is 28.8 Å². The lowest BCUT2D eigenvalue weighted by molar-refractivity contribution is -0.125. The molecule has 0 saturated carbocycles. The maximum absolute atomic E-state index is 11.9. The zero-order chi connectivity index (χ0) is 11.4. The van der Waals surface area contributed by atoms with Crippen LogP contribution in [0.15, 0.2) is 12.3 Å². The molecule has 1 aromatic heterocycles. The number of nitrogens with zero attached hydrogens (tertiary/aromatic N) is 2. The SMILES string of the molecule is Cn1nccc1CCC(=O)C1CCOCC1. The van der Waals surface area contributed by atoms with E-state index in [4.69, 9.17) is 4.74 Å². The van der Waals surface area contributed by atoms with Crippen molar-refractivity contribution in [2.45, 2.75) is 25.7 Å². The fraction of sp³-hybridized carbons (Fsp3) is 0.667. The molecule has 88 valence electrons. The number of rotatable bonds is 4. The van der Waals surface area contributed by atoms with Crippen molar-refractivity contribution in [3.63, 3.8) is 0 Å². The van der Waals surface area contributed by atoms with Gasteiger partial charge in [-0.05, 0) is 25.3 Å². The number of ketones is 1. The summed E-state index contributed by atoms with van der Waals surface area (Å²) in [7, 11) is 1.91. The van der Waals surface area contributed by atoms with Crippen molar-refractivity contribution < 1.29 is 9.53 Å². The number of ether oxygens (including phenoxy) is 1. The number of aryl methyl sites for hydroxylation is 2. The molecular formula is C12H18N2O2. The van der Waals surface area contributed by atoms with E-state index in [2.05, 4.69) is 5.10 Å². The number of carbonyl (C=O) groups excluding carboxylic acids is 1. The third-order valence-corrected chi connectivity index (χ3v) is 3.23. The average Bonchev–Trinajstić information content (AvgIpc) is 2.73.